The number of fused-ring (bicyclic) bond motifs is 1. The first-order valence-electron chi connectivity index (χ1n) is 7.24. The van der Waals surface area contributed by atoms with E-state index in [-0.39, 0.29) is 6.10 Å². The van der Waals surface area contributed by atoms with E-state index in [9.17, 15) is 0 Å². The zero-order valence-electron chi connectivity index (χ0n) is 12.6. The van der Waals surface area contributed by atoms with Crippen molar-refractivity contribution in [3.8, 4) is 23.2 Å². The molecule has 22 heavy (non-hydrogen) atoms. The van der Waals surface area contributed by atoms with Crippen molar-refractivity contribution in [2.45, 2.75) is 20.0 Å². The van der Waals surface area contributed by atoms with Gasteiger partial charge in [0.05, 0.1) is 23.4 Å². The van der Waals surface area contributed by atoms with E-state index in [1.54, 1.807) is 12.1 Å². The minimum atomic E-state index is 0.0621. The van der Waals surface area contributed by atoms with Gasteiger partial charge in [0, 0.05) is 10.9 Å². The first-order valence-corrected chi connectivity index (χ1v) is 7.24. The Morgan fingerprint density at radius 3 is 2.45 bits per heavy atom. The molecule has 0 atom stereocenters. The number of hydrogen-bond acceptors (Lipinski definition) is 3. The topological polar surface area (TPSA) is 45.9 Å². The summed E-state index contributed by atoms with van der Waals surface area (Å²) in [6.07, 6.45) is 0.0621. The maximum Gasteiger partial charge on any atom is 0.222 e. The standard InChI is InChI=1S/C19H16N2O/c1-13(2)22-19-17-6-4-3-5-16(17)11-18(21-19)15-9-7-14(12-20)8-10-15/h3-11,13H,1-2H3. The minimum absolute atomic E-state index is 0.0621. The van der Waals surface area contributed by atoms with Crippen LogP contribution in [0.2, 0.25) is 0 Å². The summed E-state index contributed by atoms with van der Waals surface area (Å²) < 4.78 is 5.87. The Bertz CT molecular complexity index is 845. The highest BCUT2D eigenvalue weighted by Gasteiger charge is 2.10. The van der Waals surface area contributed by atoms with E-state index in [1.807, 2.05) is 50.2 Å². The van der Waals surface area contributed by atoms with Crippen molar-refractivity contribution in [1.82, 2.24) is 4.98 Å². The molecule has 3 aromatic rings. The highest BCUT2D eigenvalue weighted by molar-refractivity contribution is 5.90. The molecule has 0 fully saturated rings. The highest BCUT2D eigenvalue weighted by atomic mass is 16.5. The number of nitrogens with zero attached hydrogens (tertiary/aromatic N) is 2. The van der Waals surface area contributed by atoms with Crippen molar-refractivity contribution >= 4 is 10.8 Å². The Kier molecular flexibility index (Phi) is 3.76. The lowest BCUT2D eigenvalue weighted by Gasteiger charge is -2.13. The van der Waals surface area contributed by atoms with E-state index in [4.69, 9.17) is 10.00 Å². The molecule has 0 bridgehead atoms. The molecule has 0 aliphatic rings. The number of benzene rings is 2. The summed E-state index contributed by atoms with van der Waals surface area (Å²) in [5, 5.41) is 11.0. The third-order valence-electron chi connectivity index (χ3n) is 3.36. The lowest BCUT2D eigenvalue weighted by Crippen LogP contribution is -2.07. The molecule has 1 heterocycles. The maximum absolute atomic E-state index is 8.90. The quantitative estimate of drug-likeness (QED) is 0.709. The second-order valence-electron chi connectivity index (χ2n) is 5.39. The van der Waals surface area contributed by atoms with Crippen LogP contribution in [0.15, 0.2) is 54.6 Å². The molecule has 0 aliphatic heterocycles. The number of nitriles is 1. The highest BCUT2D eigenvalue weighted by Crippen LogP contribution is 2.29. The lowest BCUT2D eigenvalue weighted by molar-refractivity contribution is 0.236. The van der Waals surface area contributed by atoms with Crippen LogP contribution in [0, 0.1) is 11.3 Å². The number of aromatic nitrogens is 1. The van der Waals surface area contributed by atoms with Crippen molar-refractivity contribution in [3.63, 3.8) is 0 Å². The lowest BCUT2D eigenvalue weighted by atomic mass is 10.1. The molecule has 3 heteroatoms. The van der Waals surface area contributed by atoms with Gasteiger partial charge in [-0.15, -0.1) is 0 Å². The molecule has 0 aliphatic carbocycles. The fourth-order valence-electron chi connectivity index (χ4n) is 2.34. The van der Waals surface area contributed by atoms with Gasteiger partial charge in [-0.05, 0) is 43.5 Å². The van der Waals surface area contributed by atoms with E-state index < -0.39 is 0 Å². The van der Waals surface area contributed by atoms with Crippen LogP contribution in [0.4, 0.5) is 0 Å². The van der Waals surface area contributed by atoms with Crippen LogP contribution in [0.5, 0.6) is 5.88 Å². The third kappa shape index (κ3) is 2.77. The van der Waals surface area contributed by atoms with Crippen LogP contribution < -0.4 is 4.74 Å². The van der Waals surface area contributed by atoms with Gasteiger partial charge in [0.2, 0.25) is 5.88 Å². The molecule has 0 saturated heterocycles. The molecular formula is C19H16N2O. The van der Waals surface area contributed by atoms with Gasteiger partial charge in [0.25, 0.3) is 0 Å². The predicted octanol–water partition coefficient (Wildman–Crippen LogP) is 4.56. The van der Waals surface area contributed by atoms with Gasteiger partial charge in [-0.2, -0.15) is 5.26 Å². The van der Waals surface area contributed by atoms with Gasteiger partial charge >= 0.3 is 0 Å². The summed E-state index contributed by atoms with van der Waals surface area (Å²) in [5.74, 6) is 0.646. The first kappa shape index (κ1) is 14.1. The van der Waals surface area contributed by atoms with Crippen molar-refractivity contribution in [2.75, 3.05) is 0 Å². The van der Waals surface area contributed by atoms with Crippen molar-refractivity contribution in [3.05, 3.63) is 60.2 Å². The molecule has 0 saturated carbocycles. The Morgan fingerprint density at radius 1 is 1.05 bits per heavy atom. The van der Waals surface area contributed by atoms with Gasteiger partial charge in [0.1, 0.15) is 0 Å². The molecule has 0 amide bonds. The van der Waals surface area contributed by atoms with Crippen molar-refractivity contribution in [2.24, 2.45) is 0 Å². The second kappa shape index (κ2) is 5.87. The largest absolute Gasteiger partial charge is 0.474 e. The number of hydrogen-bond donors (Lipinski definition) is 0. The Morgan fingerprint density at radius 2 is 1.77 bits per heavy atom. The van der Waals surface area contributed by atoms with Gasteiger partial charge < -0.3 is 4.74 Å². The zero-order valence-corrected chi connectivity index (χ0v) is 12.6. The van der Waals surface area contributed by atoms with Crippen LogP contribution in [0.3, 0.4) is 0 Å². The summed E-state index contributed by atoms with van der Waals surface area (Å²) >= 11 is 0. The number of ether oxygens (including phenoxy) is 1. The summed E-state index contributed by atoms with van der Waals surface area (Å²) in [5.41, 5.74) is 2.46. The van der Waals surface area contributed by atoms with Gasteiger partial charge in [-0.3, -0.25) is 0 Å². The fraction of sp³-hybridized carbons (Fsp3) is 0.158. The molecule has 2 aromatic carbocycles. The summed E-state index contributed by atoms with van der Waals surface area (Å²) in [6, 6.07) is 19.7. The van der Waals surface area contributed by atoms with Crippen LogP contribution >= 0.6 is 0 Å². The predicted molar refractivity (Wildman–Crippen MR) is 87.7 cm³/mol. The molecule has 1 aromatic heterocycles. The molecule has 3 nitrogen and oxygen atoms in total. The molecule has 0 spiro atoms. The third-order valence-corrected chi connectivity index (χ3v) is 3.36. The van der Waals surface area contributed by atoms with Crippen LogP contribution in [0.1, 0.15) is 19.4 Å². The monoisotopic (exact) mass is 288 g/mol. The van der Waals surface area contributed by atoms with E-state index in [1.165, 1.54) is 0 Å². The summed E-state index contributed by atoms with van der Waals surface area (Å²) in [7, 11) is 0. The van der Waals surface area contributed by atoms with Gasteiger partial charge in [-0.25, -0.2) is 4.98 Å². The van der Waals surface area contributed by atoms with E-state index in [2.05, 4.69) is 17.1 Å². The Hall–Kier alpha value is -2.86. The molecule has 3 rings (SSSR count). The van der Waals surface area contributed by atoms with Gasteiger partial charge in [0.15, 0.2) is 0 Å². The summed E-state index contributed by atoms with van der Waals surface area (Å²) in [4.78, 5) is 4.66. The van der Waals surface area contributed by atoms with E-state index in [0.717, 1.165) is 22.0 Å². The average Bonchev–Trinajstić information content (AvgIpc) is 2.54. The Labute approximate surface area is 129 Å². The smallest absolute Gasteiger partial charge is 0.222 e. The second-order valence-corrected chi connectivity index (χ2v) is 5.39. The van der Waals surface area contributed by atoms with E-state index >= 15 is 0 Å². The zero-order chi connectivity index (χ0) is 15.5. The Balaban J connectivity index is 2.15. The van der Waals surface area contributed by atoms with Crippen LogP contribution in [-0.2, 0) is 0 Å². The van der Waals surface area contributed by atoms with Gasteiger partial charge in [-0.1, -0.05) is 30.3 Å². The average molecular weight is 288 g/mol. The number of rotatable bonds is 3. The summed E-state index contributed by atoms with van der Waals surface area (Å²) in [6.45, 7) is 3.98. The van der Waals surface area contributed by atoms with Crippen molar-refractivity contribution < 1.29 is 4.74 Å². The molecule has 0 N–H and O–H groups in total. The van der Waals surface area contributed by atoms with Crippen LogP contribution in [-0.4, -0.2) is 11.1 Å². The SMILES string of the molecule is CC(C)Oc1nc(-c2ccc(C#N)cc2)cc2ccccc12. The fourth-order valence-corrected chi connectivity index (χ4v) is 2.34. The minimum Gasteiger partial charge on any atom is -0.474 e. The van der Waals surface area contributed by atoms with Crippen molar-refractivity contribution in [1.29, 1.82) is 5.26 Å². The van der Waals surface area contributed by atoms with E-state index in [0.29, 0.717) is 11.4 Å². The van der Waals surface area contributed by atoms with Crippen LogP contribution in [0.25, 0.3) is 22.0 Å². The molecule has 108 valence electrons. The molecule has 0 unspecified atom stereocenters. The molecular weight excluding hydrogens is 272 g/mol. The normalized spacial score (nSPS) is 10.6. The number of pyridine rings is 1. The first-order chi connectivity index (χ1) is 10.7. The molecule has 0 radical (unpaired) electrons. The maximum atomic E-state index is 8.90.